The number of nitrogens with one attached hydrogen (secondary N) is 2. The standard InChI is InChI=1S/C27H23F4N5O5/c1-25(24(32)38)12-41-22-15(25)10-18(34-20(22)13-6-8-14(28)9-7-13)26(39,27(29,30)31)11-33-23(37)21-19-16(35-36-21)4-3-5-17(19)40-2/h3-10,39H,11-12H2,1-2H3,(H2,32,38)(H,33,37)(H,35,36)/t25-,26?/m0/s1. The fraction of sp³-hybridized carbons (Fsp3) is 0.259. The first-order chi connectivity index (χ1) is 19.3. The SMILES string of the molecule is COc1cccc2[nH]nc(C(=O)NCC(O)(c3cc4c(c(-c5ccc(F)cc5)n3)OC[C@]4(C)C(N)=O)C(F)(F)F)c12. The van der Waals surface area contributed by atoms with E-state index in [0.29, 0.717) is 5.52 Å². The van der Waals surface area contributed by atoms with E-state index in [9.17, 15) is 32.3 Å². The normalized spacial score (nSPS) is 17.9. The van der Waals surface area contributed by atoms with Crippen molar-refractivity contribution in [3.63, 3.8) is 0 Å². The Balaban J connectivity index is 1.61. The molecule has 41 heavy (non-hydrogen) atoms. The van der Waals surface area contributed by atoms with Gasteiger partial charge in [0, 0.05) is 11.1 Å². The number of carbonyl (C=O) groups is 2. The van der Waals surface area contributed by atoms with Gasteiger partial charge in [-0.2, -0.15) is 18.3 Å². The maximum atomic E-state index is 14.6. The summed E-state index contributed by atoms with van der Waals surface area (Å²) in [6.07, 6.45) is -5.37. The average molecular weight is 574 g/mol. The second-order valence-electron chi connectivity index (χ2n) is 9.72. The van der Waals surface area contributed by atoms with E-state index in [1.807, 2.05) is 0 Å². The molecule has 2 aromatic heterocycles. The molecule has 10 nitrogen and oxygen atoms in total. The highest BCUT2D eigenvalue weighted by Gasteiger charge is 2.57. The summed E-state index contributed by atoms with van der Waals surface area (Å²) in [6.45, 7) is -0.294. The van der Waals surface area contributed by atoms with Gasteiger partial charge in [0.15, 0.2) is 5.69 Å². The Morgan fingerprint density at radius 1 is 1.22 bits per heavy atom. The third-order valence-corrected chi connectivity index (χ3v) is 7.12. The summed E-state index contributed by atoms with van der Waals surface area (Å²) in [5.41, 5.74) is -0.618. The average Bonchev–Trinajstić information content (AvgIpc) is 3.53. The topological polar surface area (TPSA) is 152 Å². The molecule has 0 saturated carbocycles. The first kappa shape index (κ1) is 27.8. The van der Waals surface area contributed by atoms with Crippen molar-refractivity contribution in [1.29, 1.82) is 0 Å². The monoisotopic (exact) mass is 573 g/mol. The lowest BCUT2D eigenvalue weighted by Gasteiger charge is -2.31. The molecule has 0 bridgehead atoms. The molecule has 2 aromatic carbocycles. The van der Waals surface area contributed by atoms with Crippen molar-refractivity contribution < 1.29 is 41.7 Å². The maximum Gasteiger partial charge on any atom is 0.424 e. The van der Waals surface area contributed by atoms with E-state index in [-0.39, 0.29) is 46.0 Å². The van der Waals surface area contributed by atoms with Crippen LogP contribution in [0, 0.1) is 5.82 Å². The number of methoxy groups -OCH3 is 1. The number of hydrogen-bond acceptors (Lipinski definition) is 7. The summed E-state index contributed by atoms with van der Waals surface area (Å²) in [6, 6.07) is 10.3. The number of primary amides is 1. The van der Waals surface area contributed by atoms with Gasteiger partial charge >= 0.3 is 6.18 Å². The Kier molecular flexibility index (Phi) is 6.60. The van der Waals surface area contributed by atoms with Gasteiger partial charge in [-0.3, -0.25) is 14.7 Å². The van der Waals surface area contributed by atoms with E-state index in [4.69, 9.17) is 15.2 Å². The van der Waals surface area contributed by atoms with Crippen LogP contribution in [-0.4, -0.2) is 58.5 Å². The van der Waals surface area contributed by atoms with E-state index in [0.717, 1.165) is 18.2 Å². The Hall–Kier alpha value is -4.72. The number of H-pyrrole nitrogens is 1. The Morgan fingerprint density at radius 2 is 1.93 bits per heavy atom. The third-order valence-electron chi connectivity index (χ3n) is 7.12. The molecule has 2 amide bonds. The number of fused-ring (bicyclic) bond motifs is 2. The third kappa shape index (κ3) is 4.49. The van der Waals surface area contributed by atoms with Crippen LogP contribution >= 0.6 is 0 Å². The van der Waals surface area contributed by atoms with Crippen molar-refractivity contribution in [1.82, 2.24) is 20.5 Å². The smallest absolute Gasteiger partial charge is 0.424 e. The van der Waals surface area contributed by atoms with Gasteiger partial charge in [-0.15, -0.1) is 0 Å². The van der Waals surface area contributed by atoms with Crippen LogP contribution in [0.1, 0.15) is 28.7 Å². The van der Waals surface area contributed by atoms with Gasteiger partial charge in [-0.1, -0.05) is 6.07 Å². The lowest BCUT2D eigenvalue weighted by molar-refractivity contribution is -0.265. The number of rotatable bonds is 7. The van der Waals surface area contributed by atoms with E-state index in [2.05, 4.69) is 20.5 Å². The number of nitrogens with zero attached hydrogens (tertiary/aromatic N) is 2. The van der Waals surface area contributed by atoms with Crippen molar-refractivity contribution in [2.24, 2.45) is 5.73 Å². The van der Waals surface area contributed by atoms with Gasteiger partial charge in [-0.25, -0.2) is 9.37 Å². The van der Waals surface area contributed by atoms with Crippen LogP contribution in [0.15, 0.2) is 48.5 Å². The summed E-state index contributed by atoms with van der Waals surface area (Å²) >= 11 is 0. The number of alkyl halides is 3. The molecule has 0 radical (unpaired) electrons. The minimum Gasteiger partial charge on any atom is -0.496 e. The molecule has 5 rings (SSSR count). The Labute approximate surface area is 229 Å². The zero-order valence-corrected chi connectivity index (χ0v) is 21.6. The van der Waals surface area contributed by atoms with E-state index < -0.39 is 47.1 Å². The van der Waals surface area contributed by atoms with Crippen LogP contribution < -0.4 is 20.5 Å². The number of aromatic nitrogens is 3. The molecular weight excluding hydrogens is 550 g/mol. The summed E-state index contributed by atoms with van der Waals surface area (Å²) in [7, 11) is 1.35. The number of ether oxygens (including phenoxy) is 2. The zero-order valence-electron chi connectivity index (χ0n) is 21.6. The van der Waals surface area contributed by atoms with Gasteiger partial charge in [-0.05, 0) is 49.4 Å². The van der Waals surface area contributed by atoms with Gasteiger partial charge < -0.3 is 25.6 Å². The molecule has 0 saturated heterocycles. The lowest BCUT2D eigenvalue weighted by atomic mass is 9.81. The highest BCUT2D eigenvalue weighted by atomic mass is 19.4. The largest absolute Gasteiger partial charge is 0.496 e. The quantitative estimate of drug-likeness (QED) is 0.248. The predicted molar refractivity (Wildman–Crippen MR) is 137 cm³/mol. The molecule has 0 spiro atoms. The number of carbonyl (C=O) groups excluding carboxylic acids is 2. The lowest BCUT2D eigenvalue weighted by Crippen LogP contribution is -2.52. The van der Waals surface area contributed by atoms with Crippen molar-refractivity contribution in [2.75, 3.05) is 20.3 Å². The second kappa shape index (κ2) is 9.73. The first-order valence-electron chi connectivity index (χ1n) is 12.1. The molecule has 1 aliphatic rings. The Bertz CT molecular complexity index is 1670. The molecular formula is C27H23F4N5O5. The summed E-state index contributed by atoms with van der Waals surface area (Å²) < 4.78 is 68.3. The fourth-order valence-electron chi connectivity index (χ4n) is 4.61. The van der Waals surface area contributed by atoms with Crippen LogP contribution in [0.25, 0.3) is 22.2 Å². The molecule has 2 atom stereocenters. The number of benzene rings is 2. The minimum atomic E-state index is -5.37. The number of halogens is 4. The van der Waals surface area contributed by atoms with Crippen molar-refractivity contribution >= 4 is 22.7 Å². The molecule has 5 N–H and O–H groups in total. The van der Waals surface area contributed by atoms with Crippen molar-refractivity contribution in [2.45, 2.75) is 24.1 Å². The molecule has 0 fully saturated rings. The Morgan fingerprint density at radius 3 is 2.56 bits per heavy atom. The summed E-state index contributed by atoms with van der Waals surface area (Å²) in [5, 5.41) is 20.0. The van der Waals surface area contributed by atoms with Crippen LogP contribution in [0.5, 0.6) is 11.5 Å². The molecule has 14 heteroatoms. The summed E-state index contributed by atoms with van der Waals surface area (Å²) in [5.74, 6) is -2.32. The fourth-order valence-corrected chi connectivity index (χ4v) is 4.61. The second-order valence-corrected chi connectivity index (χ2v) is 9.72. The van der Waals surface area contributed by atoms with Crippen molar-refractivity contribution in [3.8, 4) is 22.8 Å². The molecule has 4 aromatic rings. The van der Waals surface area contributed by atoms with Gasteiger partial charge in [0.05, 0.1) is 30.3 Å². The number of aromatic amines is 1. The van der Waals surface area contributed by atoms with Crippen LogP contribution in [0.3, 0.4) is 0 Å². The van der Waals surface area contributed by atoms with Crippen molar-refractivity contribution in [3.05, 3.63) is 71.3 Å². The van der Waals surface area contributed by atoms with Gasteiger partial charge in [0.2, 0.25) is 11.5 Å². The maximum absolute atomic E-state index is 14.6. The number of amides is 2. The minimum absolute atomic E-state index is 0.0368. The van der Waals surface area contributed by atoms with Crippen LogP contribution in [-0.2, 0) is 15.8 Å². The first-order valence-corrected chi connectivity index (χ1v) is 12.1. The van der Waals surface area contributed by atoms with Gasteiger partial charge in [0.1, 0.15) is 35.0 Å². The molecule has 1 unspecified atom stereocenters. The molecule has 0 aliphatic carbocycles. The molecule has 3 heterocycles. The molecule has 1 aliphatic heterocycles. The van der Waals surface area contributed by atoms with Crippen LogP contribution in [0.4, 0.5) is 17.6 Å². The predicted octanol–water partition coefficient (Wildman–Crippen LogP) is 3.09. The number of nitrogens with two attached hydrogens (primary N) is 1. The summed E-state index contributed by atoms with van der Waals surface area (Å²) in [4.78, 5) is 29.4. The number of aliphatic hydroxyl groups is 1. The van der Waals surface area contributed by atoms with E-state index in [1.165, 1.54) is 26.2 Å². The number of pyridine rings is 1. The van der Waals surface area contributed by atoms with Gasteiger partial charge in [0.25, 0.3) is 5.91 Å². The highest BCUT2D eigenvalue weighted by Crippen LogP contribution is 2.47. The highest BCUT2D eigenvalue weighted by molar-refractivity contribution is 6.07. The van der Waals surface area contributed by atoms with Crippen LogP contribution in [0.2, 0.25) is 0 Å². The van der Waals surface area contributed by atoms with E-state index >= 15 is 0 Å². The molecule has 214 valence electrons. The van der Waals surface area contributed by atoms with E-state index in [1.54, 1.807) is 18.2 Å². The zero-order chi connectivity index (χ0) is 29.7. The number of hydrogen-bond donors (Lipinski definition) is 4.